The van der Waals surface area contributed by atoms with Crippen molar-refractivity contribution in [3.63, 3.8) is 0 Å². The lowest BCUT2D eigenvalue weighted by molar-refractivity contribution is 0.0383. The van der Waals surface area contributed by atoms with E-state index in [1.807, 2.05) is 0 Å². The molecule has 1 fully saturated rings. The average molecular weight is 471 g/mol. The summed E-state index contributed by atoms with van der Waals surface area (Å²) in [7, 11) is 0. The minimum Gasteiger partial charge on any atom is -0.870 e. The van der Waals surface area contributed by atoms with Crippen LogP contribution in [0.25, 0.3) is 11.3 Å². The molecule has 0 saturated carbocycles. The molecule has 4 rings (SSSR count). The lowest BCUT2D eigenvalue weighted by atomic mass is 10.1. The Hall–Kier alpha value is -4.00. The normalized spacial score (nSPS) is 13.6. The fourth-order valence-corrected chi connectivity index (χ4v) is 3.36. The maximum atomic E-state index is 12.5. The number of aromatic hydroxyl groups is 2. The van der Waals surface area contributed by atoms with Crippen molar-refractivity contribution in [1.82, 2.24) is 15.4 Å². The van der Waals surface area contributed by atoms with E-state index in [1.54, 1.807) is 0 Å². The molecule has 1 aliphatic heterocycles. The van der Waals surface area contributed by atoms with Crippen molar-refractivity contribution in [3.05, 3.63) is 53.1 Å². The van der Waals surface area contributed by atoms with Crippen molar-refractivity contribution < 1.29 is 34.5 Å². The number of nitroso groups, excluding NO2 is 1. The van der Waals surface area contributed by atoms with Gasteiger partial charge in [-0.3, -0.25) is 9.69 Å². The van der Waals surface area contributed by atoms with Gasteiger partial charge in [0.1, 0.15) is 34.2 Å². The van der Waals surface area contributed by atoms with E-state index in [9.17, 15) is 19.9 Å². The molecule has 1 saturated heterocycles. The van der Waals surface area contributed by atoms with Crippen LogP contribution >= 0.6 is 0 Å². The van der Waals surface area contributed by atoms with Crippen LogP contribution in [0.4, 0.5) is 5.69 Å². The Balaban J connectivity index is 0.00000324. The third-order valence-electron chi connectivity index (χ3n) is 5.04. The van der Waals surface area contributed by atoms with Gasteiger partial charge in [-0.1, -0.05) is 5.16 Å². The summed E-state index contributed by atoms with van der Waals surface area (Å²) in [4.78, 5) is 25.2. The molecule has 0 spiro atoms. The van der Waals surface area contributed by atoms with Crippen molar-refractivity contribution in [3.8, 4) is 34.3 Å². The number of aromatic nitrogens is 1. The summed E-state index contributed by atoms with van der Waals surface area (Å²) >= 11 is 0. The average Bonchev–Trinajstić information content (AvgIpc) is 3.30. The van der Waals surface area contributed by atoms with Gasteiger partial charge in [0.2, 0.25) is 0 Å². The zero-order chi connectivity index (χ0) is 23.2. The van der Waals surface area contributed by atoms with Gasteiger partial charge >= 0.3 is 0 Å². The maximum absolute atomic E-state index is 12.5. The first-order valence-electron chi connectivity index (χ1n) is 10.3. The number of amides is 1. The Bertz CT molecular complexity index is 1130. The second kappa shape index (κ2) is 11.2. The number of hydrogen-bond acceptors (Lipinski definition) is 11. The Labute approximate surface area is 194 Å². The van der Waals surface area contributed by atoms with E-state index in [-0.39, 0.29) is 45.4 Å². The SMILES string of the molecule is O=Nc1ccc(Oc2cc(O)cc(O)c2-c2cc(C(=O)NCCN3CCOCC3)no2)cc1.[OH-]. The van der Waals surface area contributed by atoms with Gasteiger partial charge in [-0.05, 0) is 29.4 Å². The van der Waals surface area contributed by atoms with Crippen LogP contribution in [0.15, 0.2) is 52.2 Å². The molecule has 12 heteroatoms. The van der Waals surface area contributed by atoms with Crippen molar-refractivity contribution in [2.45, 2.75) is 0 Å². The van der Waals surface area contributed by atoms with Gasteiger partial charge in [-0.2, -0.15) is 0 Å². The van der Waals surface area contributed by atoms with E-state index in [0.29, 0.717) is 32.1 Å². The number of phenols is 2. The molecule has 2 heterocycles. The van der Waals surface area contributed by atoms with Gasteiger partial charge in [0, 0.05) is 44.4 Å². The van der Waals surface area contributed by atoms with Gasteiger partial charge in [-0.25, -0.2) is 0 Å². The lowest BCUT2D eigenvalue weighted by Gasteiger charge is -2.26. The number of hydrogen-bond donors (Lipinski definition) is 3. The molecule has 0 atom stereocenters. The fourth-order valence-electron chi connectivity index (χ4n) is 3.36. The maximum Gasteiger partial charge on any atom is 0.273 e. The molecule has 180 valence electrons. The Morgan fingerprint density at radius 3 is 2.59 bits per heavy atom. The van der Waals surface area contributed by atoms with Gasteiger partial charge < -0.3 is 35.0 Å². The number of carbonyl (C=O) groups excluding carboxylic acids is 1. The molecule has 0 bridgehead atoms. The Kier molecular flexibility index (Phi) is 8.14. The molecule has 1 aromatic heterocycles. The van der Waals surface area contributed by atoms with Crippen LogP contribution in [0.1, 0.15) is 10.5 Å². The van der Waals surface area contributed by atoms with Crippen molar-refractivity contribution in [2.75, 3.05) is 39.4 Å². The standard InChI is InChI=1S/C22H22N4O7.H2O/c27-15-11-18(28)21(19(12-15)32-16-3-1-14(24-30)2-4-16)20-13-17(25-33-20)22(29)23-5-6-26-7-9-31-10-8-26;/h1-4,11-13,27-28H,5-10H2,(H,23,29);1H2/p-1. The first kappa shape index (κ1) is 24.6. The summed E-state index contributed by atoms with van der Waals surface area (Å²) in [5, 5.41) is 29.7. The second-order valence-corrected chi connectivity index (χ2v) is 7.31. The number of phenolic OH excluding ortho intramolecular Hbond substituents is 2. The zero-order valence-electron chi connectivity index (χ0n) is 18.0. The first-order chi connectivity index (χ1) is 16.0. The van der Waals surface area contributed by atoms with E-state index in [0.717, 1.165) is 19.2 Å². The number of benzene rings is 2. The summed E-state index contributed by atoms with van der Waals surface area (Å²) in [6.45, 7) is 4.13. The zero-order valence-corrected chi connectivity index (χ0v) is 18.0. The van der Waals surface area contributed by atoms with Crippen LogP contribution in [0.3, 0.4) is 0 Å². The Morgan fingerprint density at radius 2 is 1.88 bits per heavy atom. The fraction of sp³-hybridized carbons (Fsp3) is 0.273. The van der Waals surface area contributed by atoms with Crippen LogP contribution in [0, 0.1) is 4.91 Å². The summed E-state index contributed by atoms with van der Waals surface area (Å²) in [5.74, 6) is -0.517. The first-order valence-corrected chi connectivity index (χ1v) is 10.3. The van der Waals surface area contributed by atoms with E-state index in [4.69, 9.17) is 14.0 Å². The van der Waals surface area contributed by atoms with Crippen LogP contribution in [0.2, 0.25) is 0 Å². The smallest absolute Gasteiger partial charge is 0.273 e. The molecule has 3 aromatic rings. The van der Waals surface area contributed by atoms with Crippen molar-refractivity contribution in [1.29, 1.82) is 0 Å². The highest BCUT2D eigenvalue weighted by Gasteiger charge is 2.21. The highest BCUT2D eigenvalue weighted by atomic mass is 16.5. The number of nitrogens with zero attached hydrogens (tertiary/aromatic N) is 3. The third-order valence-corrected chi connectivity index (χ3v) is 5.04. The molecular weight excluding hydrogens is 448 g/mol. The molecule has 2 aromatic carbocycles. The van der Waals surface area contributed by atoms with Gasteiger partial charge in [0.25, 0.3) is 5.91 Å². The third kappa shape index (κ3) is 5.86. The lowest BCUT2D eigenvalue weighted by Crippen LogP contribution is -2.41. The predicted octanol–water partition coefficient (Wildman–Crippen LogP) is 2.83. The van der Waals surface area contributed by atoms with E-state index < -0.39 is 5.91 Å². The molecule has 0 aliphatic carbocycles. The van der Waals surface area contributed by atoms with Gasteiger partial charge in [0.05, 0.1) is 13.2 Å². The summed E-state index contributed by atoms with van der Waals surface area (Å²) in [6, 6.07) is 9.71. The molecule has 1 aliphatic rings. The number of rotatable bonds is 8. The number of morpholine rings is 1. The highest BCUT2D eigenvalue weighted by Crippen LogP contribution is 2.43. The number of nitrogens with one attached hydrogen (secondary N) is 1. The quantitative estimate of drug-likeness (QED) is 0.414. The van der Waals surface area contributed by atoms with Crippen LogP contribution in [-0.4, -0.2) is 71.0 Å². The van der Waals surface area contributed by atoms with Crippen LogP contribution in [-0.2, 0) is 4.74 Å². The van der Waals surface area contributed by atoms with E-state index in [2.05, 4.69) is 20.6 Å². The predicted molar refractivity (Wildman–Crippen MR) is 119 cm³/mol. The Morgan fingerprint density at radius 1 is 1.15 bits per heavy atom. The summed E-state index contributed by atoms with van der Waals surface area (Å²) < 4.78 is 16.3. The minimum absolute atomic E-state index is 0. The summed E-state index contributed by atoms with van der Waals surface area (Å²) in [5.41, 5.74) is 0.359. The van der Waals surface area contributed by atoms with Crippen LogP contribution in [0.5, 0.6) is 23.0 Å². The monoisotopic (exact) mass is 471 g/mol. The topological polar surface area (TPSA) is 177 Å². The van der Waals surface area contributed by atoms with Gasteiger partial charge in [0.15, 0.2) is 11.5 Å². The molecular formula is C22H23N4O8-. The van der Waals surface area contributed by atoms with Crippen molar-refractivity contribution in [2.24, 2.45) is 5.18 Å². The van der Waals surface area contributed by atoms with Gasteiger partial charge in [-0.15, -0.1) is 4.91 Å². The van der Waals surface area contributed by atoms with Crippen molar-refractivity contribution >= 4 is 11.6 Å². The molecule has 0 unspecified atom stereocenters. The van der Waals surface area contributed by atoms with Crippen LogP contribution < -0.4 is 10.1 Å². The minimum atomic E-state index is -0.420. The largest absolute Gasteiger partial charge is 0.870 e. The molecule has 0 radical (unpaired) electrons. The molecule has 1 amide bonds. The summed E-state index contributed by atoms with van der Waals surface area (Å²) in [6.07, 6.45) is 0. The van der Waals surface area contributed by atoms with E-state index >= 15 is 0 Å². The molecule has 4 N–H and O–H groups in total. The molecule has 12 nitrogen and oxygen atoms in total. The van der Waals surface area contributed by atoms with E-state index in [1.165, 1.54) is 36.4 Å². The highest BCUT2D eigenvalue weighted by molar-refractivity contribution is 5.93. The number of carbonyl (C=O) groups is 1. The number of ether oxygens (including phenoxy) is 2. The molecule has 34 heavy (non-hydrogen) atoms. The second-order valence-electron chi connectivity index (χ2n) is 7.31.